The second-order valence-corrected chi connectivity index (χ2v) is 4.91. The van der Waals surface area contributed by atoms with Crippen LogP contribution in [0, 0.1) is 0 Å². The molecule has 0 radical (unpaired) electrons. The summed E-state index contributed by atoms with van der Waals surface area (Å²) in [6.45, 7) is 4.65. The summed E-state index contributed by atoms with van der Waals surface area (Å²) in [5, 5.41) is 5.35. The topological polar surface area (TPSA) is 26.2 Å². The molecule has 0 aliphatic carbocycles. The van der Waals surface area contributed by atoms with Gasteiger partial charge in [-0.2, -0.15) is 0 Å². The number of halogens is 1. The maximum Gasteiger partial charge on any atom is 0.0661 e. The van der Waals surface area contributed by atoms with Crippen LogP contribution in [-0.2, 0) is 11.3 Å². The van der Waals surface area contributed by atoms with E-state index in [1.54, 1.807) is 7.11 Å². The van der Waals surface area contributed by atoms with Gasteiger partial charge in [-0.1, -0.05) is 29.8 Å². The molecule has 0 saturated carbocycles. The van der Waals surface area contributed by atoms with Gasteiger partial charge in [0.2, 0.25) is 0 Å². The van der Waals surface area contributed by atoms with Gasteiger partial charge in [-0.15, -0.1) is 0 Å². The van der Waals surface area contributed by atoms with Crippen molar-refractivity contribution in [2.75, 3.05) is 20.3 Å². The van der Waals surface area contributed by atoms with Crippen molar-refractivity contribution in [1.29, 1.82) is 0 Å². The molecule has 1 unspecified atom stereocenters. The highest BCUT2D eigenvalue weighted by Crippen LogP contribution is 2.25. The Hall–Kier alpha value is -1.03. The van der Waals surface area contributed by atoms with E-state index in [-0.39, 0.29) is 0 Å². The Bertz CT molecular complexity index is 509. The van der Waals surface area contributed by atoms with Crippen LogP contribution < -0.4 is 5.32 Å². The number of ether oxygens (including phenoxy) is 1. The van der Waals surface area contributed by atoms with Gasteiger partial charge in [0.15, 0.2) is 0 Å². The van der Waals surface area contributed by atoms with Gasteiger partial charge >= 0.3 is 0 Å². The maximum absolute atomic E-state index is 6.21. The molecule has 0 spiro atoms. The normalized spacial score (nSPS) is 13.1. The highest BCUT2D eigenvalue weighted by Gasteiger charge is 2.06. The molecule has 0 amide bonds. The van der Waals surface area contributed by atoms with Crippen molar-refractivity contribution in [2.24, 2.45) is 0 Å². The summed E-state index contributed by atoms with van der Waals surface area (Å²) < 4.78 is 7.28. The van der Waals surface area contributed by atoms with Crippen LogP contribution in [0.1, 0.15) is 6.92 Å². The van der Waals surface area contributed by atoms with Gasteiger partial charge in [0.25, 0.3) is 0 Å². The van der Waals surface area contributed by atoms with E-state index >= 15 is 0 Å². The van der Waals surface area contributed by atoms with E-state index in [4.69, 9.17) is 16.3 Å². The first-order valence-corrected chi connectivity index (χ1v) is 6.56. The monoisotopic (exact) mass is 266 g/mol. The highest BCUT2D eigenvalue weighted by molar-refractivity contribution is 6.35. The largest absolute Gasteiger partial charge is 0.383 e. The van der Waals surface area contributed by atoms with Crippen LogP contribution in [0.4, 0.5) is 0 Å². The van der Waals surface area contributed by atoms with Gasteiger partial charge in [0.1, 0.15) is 0 Å². The number of hydrogen-bond donors (Lipinski definition) is 1. The smallest absolute Gasteiger partial charge is 0.0661 e. The minimum atomic E-state index is 0.368. The molecule has 1 aromatic heterocycles. The zero-order chi connectivity index (χ0) is 13.0. The van der Waals surface area contributed by atoms with Crippen LogP contribution >= 0.6 is 11.6 Å². The Labute approximate surface area is 113 Å². The molecule has 18 heavy (non-hydrogen) atoms. The molecule has 0 saturated heterocycles. The Morgan fingerprint density at radius 2 is 2.17 bits per heavy atom. The number of hydrogen-bond acceptors (Lipinski definition) is 2. The second kappa shape index (κ2) is 6.23. The number of benzene rings is 1. The molecule has 98 valence electrons. The third-order valence-electron chi connectivity index (χ3n) is 3.00. The van der Waals surface area contributed by atoms with E-state index in [0.29, 0.717) is 6.04 Å². The summed E-state index contributed by atoms with van der Waals surface area (Å²) in [4.78, 5) is 0. The molecule has 1 heterocycles. The van der Waals surface area contributed by atoms with E-state index in [1.807, 2.05) is 18.3 Å². The highest BCUT2D eigenvalue weighted by atomic mass is 35.5. The average molecular weight is 267 g/mol. The third kappa shape index (κ3) is 3.05. The summed E-state index contributed by atoms with van der Waals surface area (Å²) in [7, 11) is 1.72. The number of methoxy groups -OCH3 is 1. The first-order chi connectivity index (χ1) is 8.72. The van der Waals surface area contributed by atoms with Crippen LogP contribution in [0.15, 0.2) is 30.5 Å². The molecule has 4 heteroatoms. The average Bonchev–Trinajstić information content (AvgIpc) is 2.68. The van der Waals surface area contributed by atoms with Gasteiger partial charge in [-0.25, -0.2) is 0 Å². The Balaban J connectivity index is 2.00. The molecule has 3 nitrogen and oxygen atoms in total. The van der Waals surface area contributed by atoms with Crippen molar-refractivity contribution in [1.82, 2.24) is 9.88 Å². The van der Waals surface area contributed by atoms with Gasteiger partial charge < -0.3 is 14.6 Å². The molecule has 0 fully saturated rings. The van der Waals surface area contributed by atoms with Crippen molar-refractivity contribution in [3.05, 3.63) is 35.5 Å². The standard InChI is InChI=1S/C14H19ClN2O/c1-11(10-18-2)16-7-8-17-9-13(15)12-5-3-4-6-14(12)17/h3-6,9,11,16H,7-8,10H2,1-2H3. The van der Waals surface area contributed by atoms with Crippen molar-refractivity contribution in [3.63, 3.8) is 0 Å². The molecule has 1 atom stereocenters. The minimum Gasteiger partial charge on any atom is -0.383 e. The van der Waals surface area contributed by atoms with Crippen molar-refractivity contribution in [3.8, 4) is 0 Å². The lowest BCUT2D eigenvalue weighted by atomic mass is 10.2. The minimum absolute atomic E-state index is 0.368. The van der Waals surface area contributed by atoms with Crippen molar-refractivity contribution < 1.29 is 4.74 Å². The number of aromatic nitrogens is 1. The summed E-state index contributed by atoms with van der Waals surface area (Å²) in [6, 6.07) is 8.56. The van der Waals surface area contributed by atoms with Crippen molar-refractivity contribution in [2.45, 2.75) is 19.5 Å². The van der Waals surface area contributed by atoms with E-state index in [9.17, 15) is 0 Å². The lowest BCUT2D eigenvalue weighted by molar-refractivity contribution is 0.172. The zero-order valence-corrected chi connectivity index (χ0v) is 11.6. The fourth-order valence-corrected chi connectivity index (χ4v) is 2.40. The summed E-state index contributed by atoms with van der Waals surface area (Å²) in [5.74, 6) is 0. The zero-order valence-electron chi connectivity index (χ0n) is 10.8. The Kier molecular flexibility index (Phi) is 4.64. The SMILES string of the molecule is COCC(C)NCCn1cc(Cl)c2ccccc21. The van der Waals surface area contributed by atoms with E-state index in [0.717, 1.165) is 30.1 Å². The molecular weight excluding hydrogens is 248 g/mol. The third-order valence-corrected chi connectivity index (χ3v) is 3.30. The van der Waals surface area contributed by atoms with E-state index < -0.39 is 0 Å². The number of nitrogens with zero attached hydrogens (tertiary/aromatic N) is 1. The number of fused-ring (bicyclic) bond motifs is 1. The number of nitrogens with one attached hydrogen (secondary N) is 1. The van der Waals surface area contributed by atoms with Crippen LogP contribution in [0.5, 0.6) is 0 Å². The maximum atomic E-state index is 6.21. The molecule has 1 N–H and O–H groups in total. The molecule has 0 aliphatic rings. The fraction of sp³-hybridized carbons (Fsp3) is 0.429. The lowest BCUT2D eigenvalue weighted by Crippen LogP contribution is -2.32. The first-order valence-electron chi connectivity index (χ1n) is 6.18. The first kappa shape index (κ1) is 13.4. The summed E-state index contributed by atoms with van der Waals surface area (Å²) >= 11 is 6.21. The van der Waals surface area contributed by atoms with E-state index in [2.05, 4.69) is 28.9 Å². The van der Waals surface area contributed by atoms with Crippen LogP contribution in [0.25, 0.3) is 10.9 Å². The lowest BCUT2D eigenvalue weighted by Gasteiger charge is -2.13. The summed E-state index contributed by atoms with van der Waals surface area (Å²) in [5.41, 5.74) is 1.18. The van der Waals surface area contributed by atoms with Crippen molar-refractivity contribution >= 4 is 22.5 Å². The Morgan fingerprint density at radius 3 is 2.94 bits per heavy atom. The predicted octanol–water partition coefficient (Wildman–Crippen LogP) is 2.92. The fourth-order valence-electron chi connectivity index (χ4n) is 2.13. The molecule has 1 aromatic carbocycles. The quantitative estimate of drug-likeness (QED) is 0.870. The van der Waals surface area contributed by atoms with Gasteiger partial charge in [-0.3, -0.25) is 0 Å². The predicted molar refractivity (Wildman–Crippen MR) is 76.3 cm³/mol. The van der Waals surface area contributed by atoms with Crippen LogP contribution in [-0.4, -0.2) is 30.9 Å². The Morgan fingerprint density at radius 1 is 1.39 bits per heavy atom. The molecular formula is C14H19ClN2O. The van der Waals surface area contributed by atoms with E-state index in [1.165, 1.54) is 5.52 Å². The van der Waals surface area contributed by atoms with Gasteiger partial charge in [0.05, 0.1) is 11.6 Å². The van der Waals surface area contributed by atoms with Gasteiger partial charge in [-0.05, 0) is 13.0 Å². The van der Waals surface area contributed by atoms with Gasteiger partial charge in [0, 0.05) is 43.3 Å². The molecule has 0 aliphatic heterocycles. The number of para-hydroxylation sites is 1. The number of rotatable bonds is 6. The molecule has 2 rings (SSSR count). The van der Waals surface area contributed by atoms with Crippen LogP contribution in [0.3, 0.4) is 0 Å². The second-order valence-electron chi connectivity index (χ2n) is 4.50. The molecule has 2 aromatic rings. The molecule has 0 bridgehead atoms. The van der Waals surface area contributed by atoms with Crippen LogP contribution in [0.2, 0.25) is 5.02 Å². The summed E-state index contributed by atoms with van der Waals surface area (Å²) in [6.07, 6.45) is 1.99.